The largest absolute Gasteiger partial charge is 0.347 e. The molecule has 1 aromatic heterocycles. The van der Waals surface area contributed by atoms with Crippen LogP contribution in [-0.4, -0.2) is 9.97 Å². The van der Waals surface area contributed by atoms with Crippen molar-refractivity contribution in [1.82, 2.24) is 9.97 Å². The first-order valence-electron chi connectivity index (χ1n) is 6.05. The van der Waals surface area contributed by atoms with Crippen molar-refractivity contribution in [2.24, 2.45) is 0 Å². The number of benzene rings is 1. The van der Waals surface area contributed by atoms with Gasteiger partial charge in [0.05, 0.1) is 6.04 Å². The lowest BCUT2D eigenvalue weighted by Gasteiger charge is -2.26. The number of nitrogens with zero attached hydrogens (tertiary/aromatic N) is 2. The molecule has 0 fully saturated rings. The lowest BCUT2D eigenvalue weighted by atomic mass is 9.88. The van der Waals surface area contributed by atoms with E-state index in [-0.39, 0.29) is 0 Å². The number of fused-ring (bicyclic) bond motifs is 1. The molecule has 0 spiro atoms. The molecule has 0 amide bonds. The quantitative estimate of drug-likeness (QED) is 0.853. The summed E-state index contributed by atoms with van der Waals surface area (Å²) in [5, 5.41) is 3.41. The molecule has 1 N–H and O–H groups in total. The minimum Gasteiger partial charge on any atom is -0.347 e. The van der Waals surface area contributed by atoms with Crippen molar-refractivity contribution in [2.75, 3.05) is 5.32 Å². The van der Waals surface area contributed by atoms with Gasteiger partial charge in [0, 0.05) is 12.4 Å². The van der Waals surface area contributed by atoms with E-state index in [9.17, 15) is 0 Å². The molecule has 1 aliphatic carbocycles. The number of rotatable bonds is 2. The van der Waals surface area contributed by atoms with Crippen molar-refractivity contribution in [2.45, 2.75) is 25.3 Å². The molecule has 0 saturated heterocycles. The Balaban J connectivity index is 1.86. The van der Waals surface area contributed by atoms with Crippen LogP contribution >= 0.6 is 0 Å². The fraction of sp³-hybridized carbons (Fsp3) is 0.286. The second-order valence-corrected chi connectivity index (χ2v) is 4.36. The fourth-order valence-corrected chi connectivity index (χ4v) is 2.43. The minimum absolute atomic E-state index is 0.349. The first kappa shape index (κ1) is 10.3. The maximum Gasteiger partial charge on any atom is 0.223 e. The molecule has 0 aliphatic heterocycles. The van der Waals surface area contributed by atoms with Crippen LogP contribution in [0.2, 0.25) is 0 Å². The van der Waals surface area contributed by atoms with Gasteiger partial charge in [0.1, 0.15) is 0 Å². The van der Waals surface area contributed by atoms with Gasteiger partial charge >= 0.3 is 0 Å². The maximum atomic E-state index is 4.22. The predicted octanol–water partition coefficient (Wildman–Crippen LogP) is 2.97. The van der Waals surface area contributed by atoms with E-state index in [1.165, 1.54) is 24.0 Å². The van der Waals surface area contributed by atoms with E-state index < -0.39 is 0 Å². The van der Waals surface area contributed by atoms with Crippen molar-refractivity contribution >= 4 is 5.95 Å². The zero-order valence-corrected chi connectivity index (χ0v) is 9.63. The lowest BCUT2D eigenvalue weighted by molar-refractivity contribution is 0.596. The summed E-state index contributed by atoms with van der Waals surface area (Å²) in [6.45, 7) is 0. The SMILES string of the molecule is c1cnc(NC2CCCc3ccccc32)nc1. The second kappa shape index (κ2) is 4.53. The summed E-state index contributed by atoms with van der Waals surface area (Å²) in [7, 11) is 0. The molecule has 3 heteroatoms. The van der Waals surface area contributed by atoms with Gasteiger partial charge in [-0.15, -0.1) is 0 Å². The van der Waals surface area contributed by atoms with E-state index in [0.717, 1.165) is 6.42 Å². The van der Waals surface area contributed by atoms with Gasteiger partial charge in [0.15, 0.2) is 0 Å². The highest BCUT2D eigenvalue weighted by Crippen LogP contribution is 2.31. The molecule has 1 aliphatic rings. The average Bonchev–Trinajstić information content (AvgIpc) is 2.40. The van der Waals surface area contributed by atoms with Gasteiger partial charge in [-0.1, -0.05) is 24.3 Å². The van der Waals surface area contributed by atoms with E-state index in [1.54, 1.807) is 12.4 Å². The van der Waals surface area contributed by atoms with E-state index in [2.05, 4.69) is 39.6 Å². The van der Waals surface area contributed by atoms with E-state index in [0.29, 0.717) is 12.0 Å². The van der Waals surface area contributed by atoms with Crippen molar-refractivity contribution in [3.8, 4) is 0 Å². The summed E-state index contributed by atoms with van der Waals surface area (Å²) in [5.74, 6) is 0.717. The number of hydrogen-bond acceptors (Lipinski definition) is 3. The van der Waals surface area contributed by atoms with Crippen LogP contribution in [0.25, 0.3) is 0 Å². The monoisotopic (exact) mass is 225 g/mol. The molecule has 0 radical (unpaired) electrons. The van der Waals surface area contributed by atoms with Gasteiger partial charge in [0.25, 0.3) is 0 Å². The van der Waals surface area contributed by atoms with Crippen LogP contribution in [0.4, 0.5) is 5.95 Å². The van der Waals surface area contributed by atoms with E-state index in [1.807, 2.05) is 6.07 Å². The van der Waals surface area contributed by atoms with Crippen molar-refractivity contribution in [1.29, 1.82) is 0 Å². The van der Waals surface area contributed by atoms with Crippen LogP contribution in [-0.2, 0) is 6.42 Å². The zero-order chi connectivity index (χ0) is 11.5. The fourth-order valence-electron chi connectivity index (χ4n) is 2.43. The molecular weight excluding hydrogens is 210 g/mol. The topological polar surface area (TPSA) is 37.8 Å². The Morgan fingerprint density at radius 2 is 1.88 bits per heavy atom. The lowest BCUT2D eigenvalue weighted by Crippen LogP contribution is -2.18. The van der Waals surface area contributed by atoms with Gasteiger partial charge in [-0.2, -0.15) is 0 Å². The van der Waals surface area contributed by atoms with Crippen LogP contribution in [0, 0.1) is 0 Å². The molecular formula is C14H15N3. The minimum atomic E-state index is 0.349. The zero-order valence-electron chi connectivity index (χ0n) is 9.63. The normalized spacial score (nSPS) is 18.5. The molecule has 2 aromatic rings. The molecule has 3 nitrogen and oxygen atoms in total. The Morgan fingerprint density at radius 1 is 1.06 bits per heavy atom. The summed E-state index contributed by atoms with van der Waals surface area (Å²) in [5.41, 5.74) is 2.85. The standard InChI is InChI=1S/C14H15N3/c1-2-7-12-11(5-1)6-3-8-13(12)17-14-15-9-4-10-16-14/h1-2,4-5,7,9-10,13H,3,6,8H2,(H,15,16,17). The average molecular weight is 225 g/mol. The number of hydrogen-bond donors (Lipinski definition) is 1. The molecule has 1 unspecified atom stereocenters. The van der Waals surface area contributed by atoms with Crippen molar-refractivity contribution in [3.05, 3.63) is 53.9 Å². The summed E-state index contributed by atoms with van der Waals surface area (Å²) in [6, 6.07) is 10.8. The summed E-state index contributed by atoms with van der Waals surface area (Å²) < 4.78 is 0. The van der Waals surface area contributed by atoms with Gasteiger partial charge < -0.3 is 5.32 Å². The Labute approximate surface area is 101 Å². The molecule has 1 atom stereocenters. The molecule has 17 heavy (non-hydrogen) atoms. The number of aryl methyl sites for hydroxylation is 1. The van der Waals surface area contributed by atoms with Crippen LogP contribution in [0.1, 0.15) is 30.0 Å². The highest BCUT2D eigenvalue weighted by Gasteiger charge is 2.19. The predicted molar refractivity (Wildman–Crippen MR) is 67.8 cm³/mol. The Morgan fingerprint density at radius 3 is 2.76 bits per heavy atom. The highest BCUT2D eigenvalue weighted by atomic mass is 15.1. The maximum absolute atomic E-state index is 4.22. The molecule has 86 valence electrons. The summed E-state index contributed by atoms with van der Waals surface area (Å²) in [4.78, 5) is 8.45. The molecule has 3 rings (SSSR count). The van der Waals surface area contributed by atoms with Crippen molar-refractivity contribution < 1.29 is 0 Å². The van der Waals surface area contributed by atoms with E-state index >= 15 is 0 Å². The highest BCUT2D eigenvalue weighted by molar-refractivity contribution is 5.38. The summed E-state index contributed by atoms with van der Waals surface area (Å²) in [6.07, 6.45) is 7.09. The number of aromatic nitrogens is 2. The van der Waals surface area contributed by atoms with Gasteiger partial charge in [0.2, 0.25) is 5.95 Å². The van der Waals surface area contributed by atoms with Crippen LogP contribution < -0.4 is 5.32 Å². The van der Waals surface area contributed by atoms with Crippen LogP contribution in [0.15, 0.2) is 42.7 Å². The molecule has 0 saturated carbocycles. The first-order valence-corrected chi connectivity index (χ1v) is 6.05. The Bertz CT molecular complexity index is 496. The van der Waals surface area contributed by atoms with Gasteiger partial charge in [-0.3, -0.25) is 0 Å². The van der Waals surface area contributed by atoms with Crippen molar-refractivity contribution in [3.63, 3.8) is 0 Å². The first-order chi connectivity index (χ1) is 8.43. The third-order valence-electron chi connectivity index (χ3n) is 3.24. The van der Waals surface area contributed by atoms with Crippen LogP contribution in [0.5, 0.6) is 0 Å². The third kappa shape index (κ3) is 2.13. The molecule has 1 aromatic carbocycles. The smallest absolute Gasteiger partial charge is 0.223 e. The van der Waals surface area contributed by atoms with Gasteiger partial charge in [-0.25, -0.2) is 9.97 Å². The van der Waals surface area contributed by atoms with E-state index in [4.69, 9.17) is 0 Å². The third-order valence-corrected chi connectivity index (χ3v) is 3.24. The molecule has 0 bridgehead atoms. The second-order valence-electron chi connectivity index (χ2n) is 4.36. The number of anilines is 1. The number of nitrogens with one attached hydrogen (secondary N) is 1. The Hall–Kier alpha value is -1.90. The van der Waals surface area contributed by atoms with Crippen LogP contribution in [0.3, 0.4) is 0 Å². The molecule has 1 heterocycles. The summed E-state index contributed by atoms with van der Waals surface area (Å²) >= 11 is 0. The Kier molecular flexibility index (Phi) is 2.74. The van der Waals surface area contributed by atoms with Gasteiger partial charge in [-0.05, 0) is 36.5 Å².